The molecule has 0 bridgehead atoms. The van der Waals surface area contributed by atoms with Gasteiger partial charge in [-0.25, -0.2) is 4.68 Å². The lowest BCUT2D eigenvalue weighted by Gasteiger charge is -2.09. The predicted octanol–water partition coefficient (Wildman–Crippen LogP) is 2.92. The SMILES string of the molecule is CNC(=O)c1nn(-c2ccccc2)cc1-c1ccc(OC)c(OC)c1. The largest absolute Gasteiger partial charge is 0.493 e. The van der Waals surface area contributed by atoms with Gasteiger partial charge in [0, 0.05) is 18.8 Å². The van der Waals surface area contributed by atoms with Crippen LogP contribution >= 0.6 is 0 Å². The van der Waals surface area contributed by atoms with Gasteiger partial charge in [0.25, 0.3) is 5.91 Å². The van der Waals surface area contributed by atoms with E-state index in [4.69, 9.17) is 9.47 Å². The highest BCUT2D eigenvalue weighted by molar-refractivity contribution is 5.99. The molecule has 1 amide bonds. The molecule has 1 aromatic heterocycles. The van der Waals surface area contributed by atoms with Gasteiger partial charge in [-0.05, 0) is 29.8 Å². The van der Waals surface area contributed by atoms with Gasteiger partial charge in [-0.1, -0.05) is 24.3 Å². The fourth-order valence-electron chi connectivity index (χ4n) is 2.59. The first-order valence-corrected chi connectivity index (χ1v) is 7.77. The van der Waals surface area contributed by atoms with Gasteiger partial charge in [-0.15, -0.1) is 0 Å². The zero-order chi connectivity index (χ0) is 17.8. The summed E-state index contributed by atoms with van der Waals surface area (Å²) in [7, 11) is 4.75. The third kappa shape index (κ3) is 3.19. The summed E-state index contributed by atoms with van der Waals surface area (Å²) in [6.45, 7) is 0. The minimum Gasteiger partial charge on any atom is -0.493 e. The number of hydrogen-bond acceptors (Lipinski definition) is 4. The van der Waals surface area contributed by atoms with Crippen LogP contribution in [0.5, 0.6) is 11.5 Å². The van der Waals surface area contributed by atoms with Gasteiger partial charge in [0.2, 0.25) is 0 Å². The molecule has 0 spiro atoms. The molecule has 0 radical (unpaired) electrons. The van der Waals surface area contributed by atoms with Gasteiger partial charge in [0.1, 0.15) is 0 Å². The van der Waals surface area contributed by atoms with E-state index in [1.54, 1.807) is 25.9 Å². The Morgan fingerprint density at radius 1 is 1.04 bits per heavy atom. The van der Waals surface area contributed by atoms with Crippen molar-refractivity contribution < 1.29 is 14.3 Å². The third-order valence-electron chi connectivity index (χ3n) is 3.87. The van der Waals surface area contributed by atoms with Gasteiger partial charge in [0.15, 0.2) is 17.2 Å². The zero-order valence-corrected chi connectivity index (χ0v) is 14.3. The maximum absolute atomic E-state index is 12.3. The molecule has 6 nitrogen and oxygen atoms in total. The van der Waals surface area contributed by atoms with E-state index in [0.29, 0.717) is 22.8 Å². The number of ether oxygens (including phenoxy) is 2. The summed E-state index contributed by atoms with van der Waals surface area (Å²) >= 11 is 0. The topological polar surface area (TPSA) is 65.4 Å². The Kier molecular flexibility index (Phi) is 4.70. The smallest absolute Gasteiger partial charge is 0.272 e. The van der Waals surface area contributed by atoms with Crippen LogP contribution in [-0.2, 0) is 0 Å². The average molecular weight is 337 g/mol. The minimum atomic E-state index is -0.250. The zero-order valence-electron chi connectivity index (χ0n) is 14.3. The summed E-state index contributed by atoms with van der Waals surface area (Å²) in [6.07, 6.45) is 1.83. The molecule has 1 N–H and O–H groups in total. The molecule has 0 saturated heterocycles. The van der Waals surface area contributed by atoms with Crippen LogP contribution in [0.2, 0.25) is 0 Å². The number of aromatic nitrogens is 2. The van der Waals surface area contributed by atoms with Crippen molar-refractivity contribution in [2.75, 3.05) is 21.3 Å². The lowest BCUT2D eigenvalue weighted by molar-refractivity contribution is 0.0958. The summed E-state index contributed by atoms with van der Waals surface area (Å²) in [5.74, 6) is 0.970. The minimum absolute atomic E-state index is 0.250. The van der Waals surface area contributed by atoms with Crippen LogP contribution in [0.1, 0.15) is 10.5 Å². The van der Waals surface area contributed by atoms with E-state index in [0.717, 1.165) is 11.3 Å². The number of rotatable bonds is 5. The van der Waals surface area contributed by atoms with Crippen molar-refractivity contribution in [1.29, 1.82) is 0 Å². The monoisotopic (exact) mass is 337 g/mol. The molecule has 3 aromatic rings. The highest BCUT2D eigenvalue weighted by atomic mass is 16.5. The van der Waals surface area contributed by atoms with Crippen molar-refractivity contribution in [3.8, 4) is 28.3 Å². The fraction of sp³-hybridized carbons (Fsp3) is 0.158. The van der Waals surface area contributed by atoms with Gasteiger partial charge in [0.05, 0.1) is 19.9 Å². The summed E-state index contributed by atoms with van der Waals surface area (Å²) in [4.78, 5) is 12.3. The van der Waals surface area contributed by atoms with E-state index < -0.39 is 0 Å². The van der Waals surface area contributed by atoms with Crippen LogP contribution in [-0.4, -0.2) is 37.0 Å². The maximum atomic E-state index is 12.3. The van der Waals surface area contributed by atoms with Gasteiger partial charge in [-0.2, -0.15) is 5.10 Å². The normalized spacial score (nSPS) is 10.4. The summed E-state index contributed by atoms with van der Waals surface area (Å²) in [5, 5.41) is 7.09. The molecule has 0 atom stereocenters. The Morgan fingerprint density at radius 3 is 2.40 bits per heavy atom. The van der Waals surface area contributed by atoms with Crippen LogP contribution in [0, 0.1) is 0 Å². The van der Waals surface area contributed by atoms with E-state index >= 15 is 0 Å². The molecule has 2 aromatic carbocycles. The molecule has 0 saturated carbocycles. The number of amides is 1. The summed E-state index contributed by atoms with van der Waals surface area (Å²) in [5.41, 5.74) is 2.75. The Labute approximate surface area is 146 Å². The number of carbonyl (C=O) groups is 1. The van der Waals surface area contributed by atoms with E-state index in [9.17, 15) is 4.79 Å². The van der Waals surface area contributed by atoms with Crippen molar-refractivity contribution >= 4 is 5.91 Å². The first-order valence-electron chi connectivity index (χ1n) is 7.77. The first kappa shape index (κ1) is 16.6. The molecule has 1 heterocycles. The van der Waals surface area contributed by atoms with Crippen molar-refractivity contribution in [1.82, 2.24) is 15.1 Å². The predicted molar refractivity (Wildman–Crippen MR) is 95.5 cm³/mol. The molecule has 128 valence electrons. The second-order valence-electron chi connectivity index (χ2n) is 5.32. The summed E-state index contributed by atoms with van der Waals surface area (Å²) < 4.78 is 12.3. The fourth-order valence-corrected chi connectivity index (χ4v) is 2.59. The average Bonchev–Trinajstić information content (AvgIpc) is 3.13. The Balaban J connectivity index is 2.14. The van der Waals surface area contributed by atoms with E-state index in [1.807, 2.05) is 54.7 Å². The molecule has 0 unspecified atom stereocenters. The molecule has 3 rings (SSSR count). The number of para-hydroxylation sites is 1. The summed E-state index contributed by atoms with van der Waals surface area (Å²) in [6, 6.07) is 15.2. The molecule has 25 heavy (non-hydrogen) atoms. The van der Waals surface area contributed by atoms with Crippen LogP contribution in [0.4, 0.5) is 0 Å². The Morgan fingerprint density at radius 2 is 1.76 bits per heavy atom. The lowest BCUT2D eigenvalue weighted by atomic mass is 10.1. The molecular weight excluding hydrogens is 318 g/mol. The number of carbonyl (C=O) groups excluding carboxylic acids is 1. The van der Waals surface area contributed by atoms with Gasteiger partial charge in [-0.3, -0.25) is 4.79 Å². The highest BCUT2D eigenvalue weighted by Gasteiger charge is 2.19. The molecule has 0 aliphatic heterocycles. The number of hydrogen-bond donors (Lipinski definition) is 1. The van der Waals surface area contributed by atoms with E-state index in [-0.39, 0.29) is 5.91 Å². The number of nitrogens with one attached hydrogen (secondary N) is 1. The Hall–Kier alpha value is -3.28. The molecule has 0 aliphatic carbocycles. The highest BCUT2D eigenvalue weighted by Crippen LogP contribution is 2.33. The van der Waals surface area contributed by atoms with Gasteiger partial charge >= 0.3 is 0 Å². The van der Waals surface area contributed by atoms with Crippen LogP contribution in [0.25, 0.3) is 16.8 Å². The Bertz CT molecular complexity index is 888. The lowest BCUT2D eigenvalue weighted by Crippen LogP contribution is -2.19. The van der Waals surface area contributed by atoms with Crippen molar-refractivity contribution in [3.05, 3.63) is 60.4 Å². The first-order chi connectivity index (χ1) is 12.2. The van der Waals surface area contributed by atoms with E-state index in [1.165, 1.54) is 0 Å². The van der Waals surface area contributed by atoms with Crippen LogP contribution < -0.4 is 14.8 Å². The standard InChI is InChI=1S/C19H19N3O3/c1-20-19(23)18-15(12-22(21-18)14-7-5-4-6-8-14)13-9-10-16(24-2)17(11-13)25-3/h4-12H,1-3H3,(H,20,23). The number of methoxy groups -OCH3 is 2. The number of nitrogens with zero attached hydrogens (tertiary/aromatic N) is 2. The third-order valence-corrected chi connectivity index (χ3v) is 3.87. The van der Waals surface area contributed by atoms with Gasteiger partial charge < -0.3 is 14.8 Å². The number of benzene rings is 2. The molecule has 0 aliphatic rings. The maximum Gasteiger partial charge on any atom is 0.272 e. The second kappa shape index (κ2) is 7.09. The van der Waals surface area contributed by atoms with Crippen molar-refractivity contribution in [2.24, 2.45) is 0 Å². The van der Waals surface area contributed by atoms with Crippen molar-refractivity contribution in [2.45, 2.75) is 0 Å². The van der Waals surface area contributed by atoms with E-state index in [2.05, 4.69) is 10.4 Å². The van der Waals surface area contributed by atoms with Crippen LogP contribution in [0.3, 0.4) is 0 Å². The van der Waals surface area contributed by atoms with Crippen LogP contribution in [0.15, 0.2) is 54.7 Å². The molecular formula is C19H19N3O3. The molecule has 0 fully saturated rings. The second-order valence-corrected chi connectivity index (χ2v) is 5.32. The molecule has 6 heteroatoms. The van der Waals surface area contributed by atoms with Crippen molar-refractivity contribution in [3.63, 3.8) is 0 Å². The quantitative estimate of drug-likeness (QED) is 0.777.